The number of nitro groups is 2. The first kappa shape index (κ1) is 25.2. The summed E-state index contributed by atoms with van der Waals surface area (Å²) in [6.07, 6.45) is 0. The van der Waals surface area contributed by atoms with Gasteiger partial charge in [0.15, 0.2) is 5.75 Å². The highest BCUT2D eigenvalue weighted by molar-refractivity contribution is 5.81. The van der Waals surface area contributed by atoms with Crippen molar-refractivity contribution in [3.63, 3.8) is 0 Å². The van der Waals surface area contributed by atoms with Crippen molar-refractivity contribution >= 4 is 34.1 Å². The first-order chi connectivity index (χ1) is 17.6. The van der Waals surface area contributed by atoms with Crippen LogP contribution in [0.15, 0.2) is 91.0 Å². The number of anilines is 4. The lowest BCUT2D eigenvalue weighted by molar-refractivity contribution is -0.394. The number of para-hydroxylation sites is 3. The van der Waals surface area contributed by atoms with Gasteiger partial charge in [-0.1, -0.05) is 63.2 Å². The Bertz CT molecular complexity index is 1450. The van der Waals surface area contributed by atoms with Gasteiger partial charge in [0.25, 0.3) is 5.69 Å². The van der Waals surface area contributed by atoms with E-state index >= 15 is 0 Å². The second-order valence-corrected chi connectivity index (χ2v) is 9.44. The Morgan fingerprint density at radius 1 is 0.784 bits per heavy atom. The van der Waals surface area contributed by atoms with Gasteiger partial charge < -0.3 is 15.4 Å². The molecule has 37 heavy (non-hydrogen) atoms. The van der Waals surface area contributed by atoms with Crippen molar-refractivity contribution in [2.45, 2.75) is 26.2 Å². The Morgan fingerprint density at radius 3 is 1.97 bits per heavy atom. The zero-order chi connectivity index (χ0) is 26.7. The van der Waals surface area contributed by atoms with E-state index in [0.29, 0.717) is 5.69 Å². The molecule has 4 rings (SSSR count). The third-order valence-corrected chi connectivity index (χ3v) is 5.81. The number of nitro benzene ring substituents is 2. The smallest absolute Gasteiger partial charge is 0.320 e. The van der Waals surface area contributed by atoms with Crippen LogP contribution in [0.3, 0.4) is 0 Å². The van der Waals surface area contributed by atoms with Crippen LogP contribution in [0.5, 0.6) is 11.5 Å². The molecular formula is C28H26N4O5. The lowest BCUT2D eigenvalue weighted by Gasteiger charge is -2.28. The van der Waals surface area contributed by atoms with Crippen molar-refractivity contribution in [1.82, 2.24) is 0 Å². The van der Waals surface area contributed by atoms with E-state index in [-0.39, 0.29) is 22.6 Å². The SMILES string of the molecule is CC(C)(C)c1ccc(N(c2ccccc2)c2ccccc2Oc2c(N)cc([N+](=O)[O-])cc2[N+](=O)[O-])cc1. The molecule has 9 heteroatoms. The molecule has 0 aliphatic rings. The molecule has 4 aromatic carbocycles. The van der Waals surface area contributed by atoms with E-state index in [4.69, 9.17) is 10.5 Å². The van der Waals surface area contributed by atoms with E-state index < -0.39 is 21.2 Å². The Kier molecular flexibility index (Phi) is 6.79. The monoisotopic (exact) mass is 498 g/mol. The highest BCUT2D eigenvalue weighted by Crippen LogP contribution is 2.45. The van der Waals surface area contributed by atoms with E-state index in [2.05, 4.69) is 32.9 Å². The van der Waals surface area contributed by atoms with Crippen LogP contribution >= 0.6 is 0 Å². The van der Waals surface area contributed by atoms with Crippen molar-refractivity contribution in [3.05, 3.63) is 117 Å². The van der Waals surface area contributed by atoms with Crippen LogP contribution in [0.25, 0.3) is 0 Å². The number of nitrogens with two attached hydrogens (primary N) is 1. The average molecular weight is 499 g/mol. The second-order valence-electron chi connectivity index (χ2n) is 9.44. The van der Waals surface area contributed by atoms with Gasteiger partial charge in [-0.2, -0.15) is 0 Å². The maximum absolute atomic E-state index is 11.8. The number of hydrogen-bond acceptors (Lipinski definition) is 7. The lowest BCUT2D eigenvalue weighted by Crippen LogP contribution is -2.13. The standard InChI is InChI=1S/C28H26N4O5/c1-28(2,3)19-13-15-21(16-14-19)30(20-9-5-4-6-10-20)24-11-7-8-12-26(24)37-27-23(29)17-22(31(33)34)18-25(27)32(35)36/h4-18H,29H2,1-3H3. The molecular weight excluding hydrogens is 472 g/mol. The van der Waals surface area contributed by atoms with E-state index in [9.17, 15) is 20.2 Å². The van der Waals surface area contributed by atoms with Gasteiger partial charge in [-0.3, -0.25) is 20.2 Å². The number of hydrogen-bond donors (Lipinski definition) is 1. The van der Waals surface area contributed by atoms with Crippen LogP contribution in [0.2, 0.25) is 0 Å². The molecule has 0 aliphatic carbocycles. The number of nitrogens with zero attached hydrogens (tertiary/aromatic N) is 3. The first-order valence-electron chi connectivity index (χ1n) is 11.5. The van der Waals surface area contributed by atoms with Crippen LogP contribution in [-0.4, -0.2) is 9.85 Å². The molecule has 9 nitrogen and oxygen atoms in total. The molecule has 0 saturated heterocycles. The van der Waals surface area contributed by atoms with Gasteiger partial charge in [0.05, 0.1) is 27.3 Å². The molecule has 0 radical (unpaired) electrons. The number of rotatable bonds is 7. The molecule has 0 heterocycles. The summed E-state index contributed by atoms with van der Waals surface area (Å²) in [5.41, 5.74) is 8.14. The normalized spacial score (nSPS) is 11.1. The van der Waals surface area contributed by atoms with Gasteiger partial charge in [-0.15, -0.1) is 0 Å². The second kappa shape index (κ2) is 9.98. The summed E-state index contributed by atoms with van der Waals surface area (Å²) in [6, 6.07) is 26.7. The van der Waals surface area contributed by atoms with Crippen LogP contribution in [0.4, 0.5) is 34.1 Å². The third kappa shape index (κ3) is 5.35. The molecule has 2 N–H and O–H groups in total. The summed E-state index contributed by atoms with van der Waals surface area (Å²) in [7, 11) is 0. The molecule has 0 bridgehead atoms. The predicted octanol–water partition coefficient (Wildman–Crippen LogP) is 7.64. The Labute approximate surface area is 214 Å². The summed E-state index contributed by atoms with van der Waals surface area (Å²) in [4.78, 5) is 23.5. The average Bonchev–Trinajstić information content (AvgIpc) is 2.86. The van der Waals surface area contributed by atoms with E-state index in [1.54, 1.807) is 12.1 Å². The minimum Gasteiger partial charge on any atom is -0.446 e. The molecule has 0 amide bonds. The molecule has 0 spiro atoms. The quantitative estimate of drug-likeness (QED) is 0.158. The van der Waals surface area contributed by atoms with Crippen molar-refractivity contribution in [2.75, 3.05) is 10.6 Å². The molecule has 0 saturated carbocycles. The number of non-ortho nitro benzene ring substituents is 1. The third-order valence-electron chi connectivity index (χ3n) is 5.81. The summed E-state index contributed by atoms with van der Waals surface area (Å²) in [5.74, 6) is 0.0223. The van der Waals surface area contributed by atoms with Crippen molar-refractivity contribution in [1.29, 1.82) is 0 Å². The van der Waals surface area contributed by atoms with Crippen molar-refractivity contribution in [3.8, 4) is 11.5 Å². The number of benzene rings is 4. The summed E-state index contributed by atoms with van der Waals surface area (Å²) in [6.45, 7) is 6.42. The molecule has 0 fully saturated rings. The lowest BCUT2D eigenvalue weighted by atomic mass is 9.87. The molecule has 0 aromatic heterocycles. The zero-order valence-corrected chi connectivity index (χ0v) is 20.6. The predicted molar refractivity (Wildman–Crippen MR) is 144 cm³/mol. The minimum absolute atomic E-state index is 0.0243. The maximum Gasteiger partial charge on any atom is 0.320 e. The van der Waals surface area contributed by atoms with Crippen molar-refractivity contribution < 1.29 is 14.6 Å². The molecule has 0 unspecified atom stereocenters. The van der Waals surface area contributed by atoms with Gasteiger partial charge in [0, 0.05) is 17.4 Å². The highest BCUT2D eigenvalue weighted by Gasteiger charge is 2.27. The molecule has 0 aliphatic heterocycles. The maximum atomic E-state index is 11.8. The first-order valence-corrected chi connectivity index (χ1v) is 11.5. The fourth-order valence-electron chi connectivity index (χ4n) is 3.93. The van der Waals surface area contributed by atoms with E-state index in [0.717, 1.165) is 23.5 Å². The number of nitrogen functional groups attached to an aromatic ring is 1. The van der Waals surface area contributed by atoms with E-state index in [1.165, 1.54) is 5.56 Å². The van der Waals surface area contributed by atoms with Crippen LogP contribution in [0.1, 0.15) is 26.3 Å². The Morgan fingerprint density at radius 2 is 1.38 bits per heavy atom. The van der Waals surface area contributed by atoms with Gasteiger partial charge in [-0.25, -0.2) is 0 Å². The summed E-state index contributed by atoms with van der Waals surface area (Å²) < 4.78 is 6.04. The Hall–Kier alpha value is -4.92. The topological polar surface area (TPSA) is 125 Å². The van der Waals surface area contributed by atoms with E-state index in [1.807, 2.05) is 59.5 Å². The fraction of sp³-hybridized carbons (Fsp3) is 0.143. The van der Waals surface area contributed by atoms with Gasteiger partial charge in [-0.05, 0) is 47.4 Å². The molecule has 4 aromatic rings. The van der Waals surface area contributed by atoms with Gasteiger partial charge in [0.2, 0.25) is 5.75 Å². The van der Waals surface area contributed by atoms with Crippen LogP contribution in [0, 0.1) is 20.2 Å². The summed E-state index contributed by atoms with van der Waals surface area (Å²) in [5, 5.41) is 23.0. The highest BCUT2D eigenvalue weighted by atomic mass is 16.6. The molecule has 0 atom stereocenters. The minimum atomic E-state index is -0.749. The molecule has 188 valence electrons. The summed E-state index contributed by atoms with van der Waals surface area (Å²) >= 11 is 0. The van der Waals surface area contributed by atoms with Crippen molar-refractivity contribution in [2.24, 2.45) is 0 Å². The fourth-order valence-corrected chi connectivity index (χ4v) is 3.93. The Balaban J connectivity index is 1.86. The van der Waals surface area contributed by atoms with Gasteiger partial charge in [0.1, 0.15) is 0 Å². The van der Waals surface area contributed by atoms with Crippen LogP contribution < -0.4 is 15.4 Å². The number of ether oxygens (including phenoxy) is 1. The largest absolute Gasteiger partial charge is 0.446 e. The van der Waals surface area contributed by atoms with Crippen LogP contribution in [-0.2, 0) is 5.41 Å². The van der Waals surface area contributed by atoms with Gasteiger partial charge >= 0.3 is 5.69 Å². The zero-order valence-electron chi connectivity index (χ0n) is 20.6.